The molecule has 1 heterocycles. The molecular formula is C12H20O3. The summed E-state index contributed by atoms with van der Waals surface area (Å²) in [6.07, 6.45) is 6.33. The Morgan fingerprint density at radius 1 is 1.40 bits per heavy atom. The van der Waals surface area contributed by atoms with Crippen molar-refractivity contribution in [3.63, 3.8) is 0 Å². The van der Waals surface area contributed by atoms with E-state index in [0.717, 1.165) is 6.42 Å². The lowest BCUT2D eigenvalue weighted by Gasteiger charge is -2.47. The Balaban J connectivity index is 2.07. The van der Waals surface area contributed by atoms with Crippen LogP contribution in [0.2, 0.25) is 0 Å². The van der Waals surface area contributed by atoms with Crippen LogP contribution in [-0.4, -0.2) is 24.3 Å². The van der Waals surface area contributed by atoms with Crippen molar-refractivity contribution in [2.45, 2.75) is 63.8 Å². The van der Waals surface area contributed by atoms with Gasteiger partial charge in [0.1, 0.15) is 5.60 Å². The van der Waals surface area contributed by atoms with Gasteiger partial charge in [0, 0.05) is 0 Å². The average Bonchev–Trinajstić information content (AvgIpc) is 2.20. The van der Waals surface area contributed by atoms with Gasteiger partial charge in [0.05, 0.1) is 12.2 Å². The van der Waals surface area contributed by atoms with Gasteiger partial charge in [0.15, 0.2) is 0 Å². The van der Waals surface area contributed by atoms with Crippen LogP contribution in [-0.2, 0) is 14.3 Å². The fourth-order valence-electron chi connectivity index (χ4n) is 2.93. The molecule has 0 N–H and O–H groups in total. The van der Waals surface area contributed by atoms with E-state index in [9.17, 15) is 4.79 Å². The van der Waals surface area contributed by atoms with Crippen LogP contribution in [0.1, 0.15) is 46.0 Å². The molecule has 2 fully saturated rings. The van der Waals surface area contributed by atoms with E-state index in [-0.39, 0.29) is 6.10 Å². The van der Waals surface area contributed by atoms with Gasteiger partial charge < -0.3 is 9.47 Å². The van der Waals surface area contributed by atoms with E-state index in [2.05, 4.69) is 0 Å². The highest BCUT2D eigenvalue weighted by atomic mass is 16.6. The molecule has 0 bridgehead atoms. The summed E-state index contributed by atoms with van der Waals surface area (Å²) in [6.45, 7) is 4.55. The lowest BCUT2D eigenvalue weighted by Crippen LogP contribution is -2.52. The molecule has 1 saturated heterocycles. The summed E-state index contributed by atoms with van der Waals surface area (Å²) < 4.78 is 11.2. The second-order valence-corrected chi connectivity index (χ2v) is 5.09. The second kappa shape index (κ2) is 4.12. The minimum absolute atomic E-state index is 0.0158. The van der Waals surface area contributed by atoms with Crippen LogP contribution in [0.5, 0.6) is 0 Å². The molecule has 1 saturated carbocycles. The molecule has 3 heteroatoms. The summed E-state index contributed by atoms with van der Waals surface area (Å²) >= 11 is 0. The van der Waals surface area contributed by atoms with Gasteiger partial charge in [0.2, 0.25) is 0 Å². The fraction of sp³-hybridized carbons (Fsp3) is 0.917. The van der Waals surface area contributed by atoms with Gasteiger partial charge >= 0.3 is 0 Å². The highest BCUT2D eigenvalue weighted by Crippen LogP contribution is 2.41. The smallest absolute Gasteiger partial charge is 0.293 e. The van der Waals surface area contributed by atoms with E-state index in [1.54, 1.807) is 0 Å². The highest BCUT2D eigenvalue weighted by Gasteiger charge is 2.45. The molecule has 2 rings (SSSR count). The van der Waals surface area contributed by atoms with Crippen LogP contribution < -0.4 is 0 Å². The zero-order valence-electron chi connectivity index (χ0n) is 9.57. The molecule has 1 aliphatic heterocycles. The Morgan fingerprint density at radius 2 is 2.13 bits per heavy atom. The predicted molar refractivity (Wildman–Crippen MR) is 56.5 cm³/mol. The van der Waals surface area contributed by atoms with Crippen molar-refractivity contribution >= 4 is 6.47 Å². The lowest BCUT2D eigenvalue weighted by atomic mass is 9.75. The van der Waals surface area contributed by atoms with Gasteiger partial charge in [-0.05, 0) is 39.0 Å². The van der Waals surface area contributed by atoms with E-state index in [0.29, 0.717) is 18.5 Å². The molecule has 2 aliphatic rings. The minimum Gasteiger partial charge on any atom is -0.459 e. The molecular weight excluding hydrogens is 192 g/mol. The number of carbonyl (C=O) groups is 1. The summed E-state index contributed by atoms with van der Waals surface area (Å²) in [6, 6.07) is 0. The first-order chi connectivity index (χ1) is 7.15. The van der Waals surface area contributed by atoms with Gasteiger partial charge in [-0.1, -0.05) is 12.8 Å². The van der Waals surface area contributed by atoms with E-state index in [1.807, 2.05) is 13.8 Å². The van der Waals surface area contributed by atoms with Gasteiger partial charge in [-0.25, -0.2) is 0 Å². The first kappa shape index (κ1) is 10.9. The Kier molecular flexibility index (Phi) is 3.01. The quantitative estimate of drug-likeness (QED) is 0.659. The Morgan fingerprint density at radius 3 is 2.87 bits per heavy atom. The Hall–Kier alpha value is -0.570. The zero-order valence-corrected chi connectivity index (χ0v) is 9.57. The maximum atomic E-state index is 10.5. The maximum Gasteiger partial charge on any atom is 0.293 e. The van der Waals surface area contributed by atoms with Crippen LogP contribution in [0.25, 0.3) is 0 Å². The van der Waals surface area contributed by atoms with Gasteiger partial charge in [0.25, 0.3) is 6.47 Å². The second-order valence-electron chi connectivity index (χ2n) is 5.09. The van der Waals surface area contributed by atoms with Crippen molar-refractivity contribution in [1.29, 1.82) is 0 Å². The number of hydrogen-bond donors (Lipinski definition) is 0. The summed E-state index contributed by atoms with van der Waals surface area (Å²) in [5, 5.41) is 0. The number of ether oxygens (including phenoxy) is 2. The van der Waals surface area contributed by atoms with Crippen molar-refractivity contribution in [1.82, 2.24) is 0 Å². The monoisotopic (exact) mass is 212 g/mol. The molecule has 0 unspecified atom stereocenters. The first-order valence-corrected chi connectivity index (χ1v) is 5.92. The number of fused-ring (bicyclic) bond motifs is 1. The molecule has 0 aromatic heterocycles. The fourth-order valence-corrected chi connectivity index (χ4v) is 2.93. The van der Waals surface area contributed by atoms with E-state index >= 15 is 0 Å². The van der Waals surface area contributed by atoms with E-state index < -0.39 is 5.60 Å². The van der Waals surface area contributed by atoms with E-state index in [4.69, 9.17) is 9.47 Å². The molecule has 15 heavy (non-hydrogen) atoms. The third-order valence-electron chi connectivity index (χ3n) is 4.06. The van der Waals surface area contributed by atoms with Crippen LogP contribution >= 0.6 is 0 Å². The van der Waals surface area contributed by atoms with Crippen LogP contribution in [0.4, 0.5) is 0 Å². The van der Waals surface area contributed by atoms with Gasteiger partial charge in [-0.2, -0.15) is 0 Å². The SMILES string of the molecule is C[C@@H]1O[C@@H]2CCCC[C@H]2C[C@@]1(C)OC=O. The summed E-state index contributed by atoms with van der Waals surface area (Å²) in [5.41, 5.74) is -0.416. The number of hydrogen-bond acceptors (Lipinski definition) is 3. The molecule has 4 atom stereocenters. The molecule has 1 aliphatic carbocycles. The highest BCUT2D eigenvalue weighted by molar-refractivity contribution is 5.38. The third-order valence-corrected chi connectivity index (χ3v) is 4.06. The molecule has 3 nitrogen and oxygen atoms in total. The third kappa shape index (κ3) is 2.03. The topological polar surface area (TPSA) is 35.5 Å². The van der Waals surface area contributed by atoms with Crippen LogP contribution in [0.3, 0.4) is 0 Å². The molecule has 86 valence electrons. The molecule has 0 aromatic carbocycles. The number of carbonyl (C=O) groups excluding carboxylic acids is 1. The van der Waals surface area contributed by atoms with Crippen molar-refractivity contribution in [2.24, 2.45) is 5.92 Å². The van der Waals surface area contributed by atoms with Crippen LogP contribution in [0.15, 0.2) is 0 Å². The lowest BCUT2D eigenvalue weighted by molar-refractivity contribution is -0.207. The standard InChI is InChI=1S/C12H20O3/c1-9-12(2,14-8-13)7-10-5-3-4-6-11(10)15-9/h8-11H,3-7H2,1-2H3/t9-,10-,11+,12+/m0/s1. The minimum atomic E-state index is -0.416. The molecule has 0 amide bonds. The van der Waals surface area contributed by atoms with Gasteiger partial charge in [-0.15, -0.1) is 0 Å². The largest absolute Gasteiger partial charge is 0.459 e. The summed E-state index contributed by atoms with van der Waals surface area (Å²) in [5.74, 6) is 0.583. The molecule has 0 aromatic rings. The molecule has 0 radical (unpaired) electrons. The predicted octanol–water partition coefficient (Wildman–Crippen LogP) is 2.29. The Bertz CT molecular complexity index is 241. The van der Waals surface area contributed by atoms with E-state index in [1.165, 1.54) is 25.7 Å². The normalized spacial score (nSPS) is 45.6. The van der Waals surface area contributed by atoms with Crippen molar-refractivity contribution < 1.29 is 14.3 Å². The molecule has 0 spiro atoms. The summed E-state index contributed by atoms with van der Waals surface area (Å²) in [4.78, 5) is 10.5. The average molecular weight is 212 g/mol. The zero-order chi connectivity index (χ0) is 10.9. The van der Waals surface area contributed by atoms with Crippen molar-refractivity contribution in [3.8, 4) is 0 Å². The Labute approximate surface area is 91.1 Å². The number of rotatable bonds is 2. The maximum absolute atomic E-state index is 10.5. The first-order valence-electron chi connectivity index (χ1n) is 5.92. The van der Waals surface area contributed by atoms with Crippen LogP contribution in [0, 0.1) is 5.92 Å². The van der Waals surface area contributed by atoms with Crippen molar-refractivity contribution in [2.75, 3.05) is 0 Å². The summed E-state index contributed by atoms with van der Waals surface area (Å²) in [7, 11) is 0. The van der Waals surface area contributed by atoms with Crippen molar-refractivity contribution in [3.05, 3.63) is 0 Å². The van der Waals surface area contributed by atoms with Gasteiger partial charge in [-0.3, -0.25) is 4.79 Å².